The van der Waals surface area contributed by atoms with E-state index in [0.717, 1.165) is 34.0 Å². The zero-order chi connectivity index (χ0) is 50.6. The molecule has 5 atom stereocenters. The number of carbonyl (C=O) groups excluding carboxylic acids is 5. The standard InChI is InChI=1S/C55H74N5O8P/c1-10-18-41(35-60-30-27-43-31-38(3)21-26-47(43)60)34-57-51(64)46(33-48(56)61)58-52(65)55(28-16-13-17-29-55)59-50(63)45(32-49(62)67-53(4,5)6)44(11-2)42-24-22-40(23-25-42)37-69(66,68-54(7,8)9)36-39-19-14-12-15-20-39/h10-12,14-15,19-27,30-31,41,44-46H,1-2,13,16-18,28-29,32-37H2,3-9H3,(H2,56,61)(H,57,64)(H,58,65)(H,59,63)/t41-,44+,45-,46-,69?/m0/s1. The Morgan fingerprint density at radius 2 is 1.49 bits per heavy atom. The smallest absolute Gasteiger partial charge is 0.307 e. The van der Waals surface area contributed by atoms with Crippen LogP contribution in [-0.2, 0) is 56.7 Å². The lowest BCUT2D eigenvalue weighted by Gasteiger charge is -2.39. The van der Waals surface area contributed by atoms with E-state index >= 15 is 0 Å². The first-order valence-electron chi connectivity index (χ1n) is 24.1. The van der Waals surface area contributed by atoms with Crippen molar-refractivity contribution in [1.29, 1.82) is 0 Å². The lowest BCUT2D eigenvalue weighted by molar-refractivity contribution is -0.157. The zero-order valence-corrected chi connectivity index (χ0v) is 42.6. The molecular weight excluding hydrogens is 890 g/mol. The number of ether oxygens (including phenoxy) is 1. The Bertz CT molecular complexity index is 2480. The van der Waals surface area contributed by atoms with Gasteiger partial charge >= 0.3 is 5.97 Å². The summed E-state index contributed by atoms with van der Waals surface area (Å²) in [6.07, 6.45) is 8.19. The predicted molar refractivity (Wildman–Crippen MR) is 273 cm³/mol. The third kappa shape index (κ3) is 16.1. The molecule has 372 valence electrons. The average molecular weight is 964 g/mol. The fourth-order valence-electron chi connectivity index (χ4n) is 9.27. The largest absolute Gasteiger partial charge is 0.460 e. The van der Waals surface area contributed by atoms with Gasteiger partial charge in [0.05, 0.1) is 36.7 Å². The van der Waals surface area contributed by atoms with Gasteiger partial charge in [0.2, 0.25) is 31.0 Å². The van der Waals surface area contributed by atoms with Crippen LogP contribution in [0.1, 0.15) is 121 Å². The maximum Gasteiger partial charge on any atom is 0.307 e. The second-order valence-electron chi connectivity index (χ2n) is 20.7. The van der Waals surface area contributed by atoms with Crippen LogP contribution in [0.5, 0.6) is 0 Å². The van der Waals surface area contributed by atoms with Gasteiger partial charge in [0, 0.05) is 30.7 Å². The van der Waals surface area contributed by atoms with Crippen molar-refractivity contribution >= 4 is 47.9 Å². The fraction of sp³-hybridized carbons (Fsp3) is 0.473. The maximum atomic E-state index is 14.9. The van der Waals surface area contributed by atoms with Crippen LogP contribution >= 0.6 is 7.37 Å². The number of aromatic nitrogens is 1. The number of benzene rings is 3. The van der Waals surface area contributed by atoms with Gasteiger partial charge in [-0.05, 0) is 114 Å². The number of fused-ring (bicyclic) bond motifs is 1. The van der Waals surface area contributed by atoms with E-state index in [1.165, 1.54) is 0 Å². The van der Waals surface area contributed by atoms with Gasteiger partial charge in [-0.3, -0.25) is 28.5 Å². The van der Waals surface area contributed by atoms with E-state index in [1.807, 2.05) is 88.5 Å². The molecule has 1 aliphatic carbocycles. The van der Waals surface area contributed by atoms with Crippen molar-refractivity contribution in [2.24, 2.45) is 17.6 Å². The molecule has 5 N–H and O–H groups in total. The number of hydrogen-bond acceptors (Lipinski definition) is 8. The number of rotatable bonds is 23. The van der Waals surface area contributed by atoms with Gasteiger partial charge in [0.1, 0.15) is 17.2 Å². The molecule has 0 bridgehead atoms. The Labute approximate surface area is 408 Å². The number of nitrogens with two attached hydrogens (primary N) is 1. The molecule has 4 amide bonds. The van der Waals surface area contributed by atoms with E-state index in [2.05, 4.69) is 57.9 Å². The molecule has 69 heavy (non-hydrogen) atoms. The van der Waals surface area contributed by atoms with E-state index in [-0.39, 0.29) is 44.0 Å². The highest BCUT2D eigenvalue weighted by Gasteiger charge is 2.45. The number of nitrogens with one attached hydrogen (secondary N) is 3. The third-order valence-corrected chi connectivity index (χ3v) is 14.9. The summed E-state index contributed by atoms with van der Waals surface area (Å²) in [6, 6.07) is 23.9. The molecule has 0 saturated heterocycles. The van der Waals surface area contributed by atoms with Crippen molar-refractivity contribution < 1.29 is 37.8 Å². The maximum absolute atomic E-state index is 14.9. The van der Waals surface area contributed by atoms with Gasteiger partial charge in [-0.25, -0.2) is 0 Å². The van der Waals surface area contributed by atoms with Crippen LogP contribution in [0.4, 0.5) is 0 Å². The van der Waals surface area contributed by atoms with Crippen LogP contribution < -0.4 is 21.7 Å². The lowest BCUT2D eigenvalue weighted by atomic mass is 9.78. The fourth-order valence-corrected chi connectivity index (χ4v) is 12.0. The molecule has 5 rings (SSSR count). The van der Waals surface area contributed by atoms with Crippen LogP contribution in [0.3, 0.4) is 0 Å². The van der Waals surface area contributed by atoms with Gasteiger partial charge in [0.25, 0.3) is 0 Å². The van der Waals surface area contributed by atoms with Crippen molar-refractivity contribution in [2.45, 2.75) is 147 Å². The summed E-state index contributed by atoms with van der Waals surface area (Å²) in [5, 5.41) is 9.91. The molecule has 1 heterocycles. The zero-order valence-electron chi connectivity index (χ0n) is 41.7. The summed E-state index contributed by atoms with van der Waals surface area (Å²) in [4.78, 5) is 69.4. The Morgan fingerprint density at radius 1 is 0.841 bits per heavy atom. The number of amides is 4. The summed E-state index contributed by atoms with van der Waals surface area (Å²) >= 11 is 0. The monoisotopic (exact) mass is 964 g/mol. The van der Waals surface area contributed by atoms with E-state index in [4.69, 9.17) is 15.0 Å². The molecule has 1 fully saturated rings. The van der Waals surface area contributed by atoms with Gasteiger partial charge in [-0.2, -0.15) is 0 Å². The van der Waals surface area contributed by atoms with Crippen LogP contribution in [0.15, 0.2) is 110 Å². The lowest BCUT2D eigenvalue weighted by Crippen LogP contribution is -2.64. The summed E-state index contributed by atoms with van der Waals surface area (Å²) in [5.41, 5.74) is 7.25. The number of esters is 1. The van der Waals surface area contributed by atoms with E-state index in [1.54, 1.807) is 32.9 Å². The van der Waals surface area contributed by atoms with Gasteiger partial charge in [-0.1, -0.05) is 97.6 Å². The van der Waals surface area contributed by atoms with E-state index in [9.17, 15) is 28.5 Å². The molecule has 3 aromatic carbocycles. The first kappa shape index (κ1) is 54.2. The van der Waals surface area contributed by atoms with E-state index in [0.29, 0.717) is 31.4 Å². The summed E-state index contributed by atoms with van der Waals surface area (Å²) in [6.45, 7) is 21.7. The Hall–Kier alpha value is -5.78. The molecule has 4 aromatic rings. The van der Waals surface area contributed by atoms with Crippen molar-refractivity contribution in [3.63, 3.8) is 0 Å². The molecular formula is C55H74N5O8P. The molecule has 1 aliphatic rings. The number of primary amides is 1. The molecule has 14 heteroatoms. The predicted octanol–water partition coefficient (Wildman–Crippen LogP) is 9.55. The number of aryl methyl sites for hydroxylation is 1. The normalized spacial score (nSPS) is 16.4. The van der Waals surface area contributed by atoms with Crippen molar-refractivity contribution in [3.05, 3.63) is 133 Å². The van der Waals surface area contributed by atoms with Gasteiger partial charge in [-0.15, -0.1) is 13.2 Å². The van der Waals surface area contributed by atoms with Crippen LogP contribution in [0, 0.1) is 18.8 Å². The SMILES string of the molecule is C=CC[C@@H](CNC(=O)[C@H](CC(N)=O)NC(=O)C1(NC(=O)[C@@H](CC(=O)OC(C)(C)C)[C@H](C=C)c2ccc(CP(=O)(Cc3ccccc3)OC(C)(C)C)cc2)CCCCC1)Cn1ccc2cc(C)ccc21. The first-order valence-corrected chi connectivity index (χ1v) is 26.1. The minimum Gasteiger partial charge on any atom is -0.460 e. The Morgan fingerprint density at radius 3 is 2.09 bits per heavy atom. The molecule has 0 radical (unpaired) electrons. The van der Waals surface area contributed by atoms with Crippen molar-refractivity contribution in [2.75, 3.05) is 6.54 Å². The highest BCUT2D eigenvalue weighted by atomic mass is 31.2. The topological polar surface area (TPSA) is 188 Å². The number of allylic oxidation sites excluding steroid dienone is 2. The second-order valence-corrected chi connectivity index (χ2v) is 23.2. The average Bonchev–Trinajstić information content (AvgIpc) is 3.65. The van der Waals surface area contributed by atoms with Crippen molar-refractivity contribution in [1.82, 2.24) is 20.5 Å². The Balaban J connectivity index is 1.37. The molecule has 1 saturated carbocycles. The molecule has 0 aliphatic heterocycles. The molecule has 1 aromatic heterocycles. The third-order valence-electron chi connectivity index (χ3n) is 12.3. The Kier molecular flexibility index (Phi) is 18.6. The summed E-state index contributed by atoms with van der Waals surface area (Å²) in [7, 11) is -3.24. The molecule has 0 spiro atoms. The number of nitrogens with zero attached hydrogens (tertiary/aromatic N) is 1. The highest BCUT2D eigenvalue weighted by molar-refractivity contribution is 7.57. The number of carbonyl (C=O) groups is 5. The quantitative estimate of drug-likeness (QED) is 0.0321. The van der Waals surface area contributed by atoms with Gasteiger partial charge in [0.15, 0.2) is 0 Å². The summed E-state index contributed by atoms with van der Waals surface area (Å²) < 4.78 is 28.6. The van der Waals surface area contributed by atoms with Crippen LogP contribution in [0.2, 0.25) is 0 Å². The molecule has 13 nitrogen and oxygen atoms in total. The summed E-state index contributed by atoms with van der Waals surface area (Å²) in [5.74, 6) is -5.03. The number of hydrogen-bond donors (Lipinski definition) is 4. The minimum atomic E-state index is -3.24. The first-order chi connectivity index (χ1) is 32.5. The second kappa shape index (κ2) is 23.7. The highest BCUT2D eigenvalue weighted by Crippen LogP contribution is 2.56. The van der Waals surface area contributed by atoms with E-state index < -0.39 is 78.0 Å². The van der Waals surface area contributed by atoms with Crippen LogP contribution in [-0.4, -0.2) is 63.5 Å². The van der Waals surface area contributed by atoms with Crippen molar-refractivity contribution in [3.8, 4) is 0 Å². The van der Waals surface area contributed by atoms with Crippen LogP contribution in [0.25, 0.3) is 10.9 Å². The minimum absolute atomic E-state index is 0.0583. The molecule has 1 unspecified atom stereocenters. The van der Waals surface area contributed by atoms with Gasteiger partial charge < -0.3 is 35.5 Å².